The van der Waals surface area contributed by atoms with Gasteiger partial charge in [-0.25, -0.2) is 4.98 Å². The van der Waals surface area contributed by atoms with Gasteiger partial charge in [0, 0.05) is 11.8 Å². The Labute approximate surface area is 110 Å². The van der Waals surface area contributed by atoms with Gasteiger partial charge in [0.2, 0.25) is 0 Å². The molecular weight excluding hydrogens is 248 g/mol. The first kappa shape index (κ1) is 11.1. The van der Waals surface area contributed by atoms with Crippen LogP contribution in [0.15, 0.2) is 48.7 Å². The maximum Gasteiger partial charge on any atom is 0.198 e. The number of ether oxygens (including phenoxy) is 1. The monoisotopic (exact) mass is 258 g/mol. The summed E-state index contributed by atoms with van der Waals surface area (Å²) in [6.07, 6.45) is 1.93. The largest absolute Gasteiger partial charge is 0.482 e. The fraction of sp³-hybridized carbons (Fsp3) is 0.0714. The highest BCUT2D eigenvalue weighted by Crippen LogP contribution is 2.28. The lowest BCUT2D eigenvalue weighted by atomic mass is 10.2. The average Bonchev–Trinajstić information content (AvgIpc) is 2.82. The number of hydrogen-bond acceptors (Lipinski definition) is 2. The third-order valence-electron chi connectivity index (χ3n) is 2.81. The smallest absolute Gasteiger partial charge is 0.198 e. The van der Waals surface area contributed by atoms with Crippen molar-refractivity contribution in [2.24, 2.45) is 0 Å². The van der Waals surface area contributed by atoms with E-state index in [1.54, 1.807) is 7.11 Å². The van der Waals surface area contributed by atoms with E-state index in [0.29, 0.717) is 5.02 Å². The number of aromatic nitrogens is 2. The fourth-order valence-corrected chi connectivity index (χ4v) is 2.18. The molecule has 90 valence electrons. The molecule has 0 spiro atoms. The molecule has 0 aliphatic heterocycles. The quantitative estimate of drug-likeness (QED) is 0.701. The molecule has 2 heterocycles. The van der Waals surface area contributed by atoms with E-state index in [-0.39, 0.29) is 0 Å². The van der Waals surface area contributed by atoms with Crippen molar-refractivity contribution in [3.8, 4) is 17.1 Å². The van der Waals surface area contributed by atoms with Crippen LogP contribution in [0, 0.1) is 0 Å². The molecular formula is C14H11ClN2O. The molecule has 18 heavy (non-hydrogen) atoms. The molecule has 0 bridgehead atoms. The molecule has 4 heteroatoms. The number of nitrogens with zero attached hydrogens (tertiary/aromatic N) is 2. The van der Waals surface area contributed by atoms with E-state index in [1.165, 1.54) is 0 Å². The summed E-state index contributed by atoms with van der Waals surface area (Å²) in [5.74, 6) is 0.748. The Hall–Kier alpha value is -2.00. The molecule has 3 nitrogen and oxygen atoms in total. The summed E-state index contributed by atoms with van der Waals surface area (Å²) in [7, 11) is 1.64. The maximum absolute atomic E-state index is 6.18. The summed E-state index contributed by atoms with van der Waals surface area (Å²) in [6, 6.07) is 13.4. The number of pyridine rings is 1. The summed E-state index contributed by atoms with van der Waals surface area (Å²) in [6.45, 7) is 0. The van der Waals surface area contributed by atoms with Crippen molar-refractivity contribution in [3.63, 3.8) is 0 Å². The molecule has 0 N–H and O–H groups in total. The van der Waals surface area contributed by atoms with E-state index in [2.05, 4.69) is 4.98 Å². The topological polar surface area (TPSA) is 26.5 Å². The van der Waals surface area contributed by atoms with Crippen LogP contribution in [-0.2, 0) is 0 Å². The van der Waals surface area contributed by atoms with Crippen molar-refractivity contribution in [2.45, 2.75) is 0 Å². The second kappa shape index (κ2) is 4.35. The second-order valence-electron chi connectivity index (χ2n) is 3.90. The van der Waals surface area contributed by atoms with Crippen LogP contribution in [0.3, 0.4) is 0 Å². The fourth-order valence-electron chi connectivity index (χ4n) is 1.95. The Morgan fingerprint density at radius 1 is 1.11 bits per heavy atom. The van der Waals surface area contributed by atoms with Crippen LogP contribution in [0.2, 0.25) is 5.02 Å². The van der Waals surface area contributed by atoms with Gasteiger partial charge in [0.05, 0.1) is 17.8 Å². The molecule has 1 aromatic carbocycles. The number of fused-ring (bicyclic) bond motifs is 1. The molecule has 0 radical (unpaired) electrons. The van der Waals surface area contributed by atoms with Gasteiger partial charge < -0.3 is 4.74 Å². The Morgan fingerprint density at radius 2 is 1.94 bits per heavy atom. The lowest BCUT2D eigenvalue weighted by Crippen LogP contribution is -1.91. The molecule has 0 amide bonds. The number of hydrogen-bond donors (Lipinski definition) is 0. The van der Waals surface area contributed by atoms with Gasteiger partial charge in [-0.05, 0) is 18.2 Å². The van der Waals surface area contributed by atoms with Crippen molar-refractivity contribution >= 4 is 17.2 Å². The Balaban J connectivity index is 2.23. The van der Waals surface area contributed by atoms with E-state index in [9.17, 15) is 0 Å². The van der Waals surface area contributed by atoms with Gasteiger partial charge in [0.15, 0.2) is 5.88 Å². The third-order valence-corrected chi connectivity index (χ3v) is 3.14. The summed E-state index contributed by atoms with van der Waals surface area (Å²) >= 11 is 6.18. The zero-order valence-electron chi connectivity index (χ0n) is 9.80. The van der Waals surface area contributed by atoms with Crippen molar-refractivity contribution < 1.29 is 4.74 Å². The van der Waals surface area contributed by atoms with Crippen LogP contribution in [0.1, 0.15) is 0 Å². The minimum absolute atomic E-state index is 0.694. The second-order valence-corrected chi connectivity index (χ2v) is 4.31. The lowest BCUT2D eigenvalue weighted by Gasteiger charge is -2.01. The number of imidazole rings is 1. The van der Waals surface area contributed by atoms with E-state index in [1.807, 2.05) is 53.1 Å². The molecule has 0 unspecified atom stereocenters. The molecule has 0 atom stereocenters. The van der Waals surface area contributed by atoms with Gasteiger partial charge in [-0.2, -0.15) is 0 Å². The van der Waals surface area contributed by atoms with Crippen molar-refractivity contribution in [3.05, 3.63) is 53.7 Å². The summed E-state index contributed by atoms with van der Waals surface area (Å²) in [5.41, 5.74) is 2.60. The Bertz CT molecular complexity index is 706. The predicted octanol–water partition coefficient (Wildman–Crippen LogP) is 3.66. The minimum Gasteiger partial charge on any atom is -0.482 e. The Morgan fingerprint density at radius 3 is 2.72 bits per heavy atom. The van der Waals surface area contributed by atoms with E-state index < -0.39 is 0 Å². The zero-order valence-corrected chi connectivity index (χ0v) is 10.6. The molecule has 0 fully saturated rings. The number of halogens is 1. The van der Waals surface area contributed by atoms with Crippen molar-refractivity contribution in [1.82, 2.24) is 9.38 Å². The third kappa shape index (κ3) is 1.73. The molecule has 2 aromatic heterocycles. The molecule has 3 aromatic rings. The highest BCUT2D eigenvalue weighted by atomic mass is 35.5. The van der Waals surface area contributed by atoms with Crippen LogP contribution in [-0.4, -0.2) is 16.5 Å². The van der Waals surface area contributed by atoms with Crippen molar-refractivity contribution in [2.75, 3.05) is 7.11 Å². The highest BCUT2D eigenvalue weighted by Gasteiger charge is 2.09. The standard InChI is InChI=1S/C14H11ClN2O/c1-18-14-8-4-7-13-16-12(9-17(13)14)10-5-2-3-6-11(10)15/h2-9H,1H3. The van der Waals surface area contributed by atoms with Crippen LogP contribution >= 0.6 is 11.6 Å². The van der Waals surface area contributed by atoms with Crippen LogP contribution < -0.4 is 4.74 Å². The van der Waals surface area contributed by atoms with Gasteiger partial charge in [0.25, 0.3) is 0 Å². The summed E-state index contributed by atoms with van der Waals surface area (Å²) in [5, 5.41) is 0.694. The maximum atomic E-state index is 6.18. The predicted molar refractivity (Wildman–Crippen MR) is 72.2 cm³/mol. The first-order valence-corrected chi connectivity index (χ1v) is 5.94. The zero-order chi connectivity index (χ0) is 12.5. The van der Waals surface area contributed by atoms with Gasteiger partial charge in [0.1, 0.15) is 5.65 Å². The molecule has 0 aliphatic rings. The average molecular weight is 259 g/mol. The van der Waals surface area contributed by atoms with Crippen molar-refractivity contribution in [1.29, 1.82) is 0 Å². The number of rotatable bonds is 2. The van der Waals surface area contributed by atoms with E-state index in [4.69, 9.17) is 16.3 Å². The summed E-state index contributed by atoms with van der Waals surface area (Å²) < 4.78 is 7.20. The normalized spacial score (nSPS) is 10.8. The van der Waals surface area contributed by atoms with Crippen LogP contribution in [0.25, 0.3) is 16.9 Å². The molecule has 0 saturated heterocycles. The SMILES string of the molecule is COc1cccc2nc(-c3ccccc3Cl)cn12. The minimum atomic E-state index is 0.694. The van der Waals surface area contributed by atoms with Crippen LogP contribution in [0.5, 0.6) is 5.88 Å². The first-order chi connectivity index (χ1) is 8.79. The highest BCUT2D eigenvalue weighted by molar-refractivity contribution is 6.33. The number of methoxy groups -OCH3 is 1. The van der Waals surface area contributed by atoms with E-state index >= 15 is 0 Å². The molecule has 0 saturated carbocycles. The van der Waals surface area contributed by atoms with Gasteiger partial charge >= 0.3 is 0 Å². The van der Waals surface area contributed by atoms with Gasteiger partial charge in [-0.3, -0.25) is 4.40 Å². The first-order valence-electron chi connectivity index (χ1n) is 5.56. The number of benzene rings is 1. The van der Waals surface area contributed by atoms with E-state index in [0.717, 1.165) is 22.8 Å². The summed E-state index contributed by atoms with van der Waals surface area (Å²) in [4.78, 5) is 4.55. The molecule has 3 rings (SSSR count). The van der Waals surface area contributed by atoms with Crippen LogP contribution in [0.4, 0.5) is 0 Å². The molecule has 0 aliphatic carbocycles. The Kier molecular flexibility index (Phi) is 2.68. The lowest BCUT2D eigenvalue weighted by molar-refractivity contribution is 0.392. The van der Waals surface area contributed by atoms with Gasteiger partial charge in [-0.15, -0.1) is 0 Å². The van der Waals surface area contributed by atoms with Gasteiger partial charge in [-0.1, -0.05) is 35.9 Å².